The highest BCUT2D eigenvalue weighted by Crippen LogP contribution is 2.33. The van der Waals surface area contributed by atoms with Gasteiger partial charge in [-0.15, -0.1) is 0 Å². The molecule has 16 nitrogen and oxygen atoms in total. The lowest BCUT2D eigenvalue weighted by Crippen LogP contribution is -2.47. The molecule has 6 rings (SSSR count). The molecule has 0 aliphatic carbocycles. The van der Waals surface area contributed by atoms with Crippen LogP contribution in [0, 0.1) is 0 Å². The molecule has 2 aromatic carbocycles. The number of carbonyl (C=O) groups excluding carboxylic acids is 3. The average molecular weight is 771 g/mol. The van der Waals surface area contributed by atoms with Crippen molar-refractivity contribution < 1.29 is 29.3 Å². The van der Waals surface area contributed by atoms with Gasteiger partial charge in [0.1, 0.15) is 12.2 Å². The lowest BCUT2D eigenvalue weighted by atomic mass is 9.91. The number of rotatable bonds is 15. The van der Waals surface area contributed by atoms with E-state index in [1.165, 1.54) is 10.9 Å². The number of urea groups is 1. The number of hydrogen-bond acceptors (Lipinski definition) is 11. The minimum atomic E-state index is -1.52. The number of aromatic nitrogens is 4. The molecule has 5 atom stereocenters. The number of nitrogens with zero attached hydrogens (tertiary/aromatic N) is 6. The summed E-state index contributed by atoms with van der Waals surface area (Å²) in [4.78, 5) is 57.5. The Bertz CT molecular complexity index is 1900. The molecule has 0 saturated carbocycles. The minimum absolute atomic E-state index is 0.0907. The van der Waals surface area contributed by atoms with Gasteiger partial charge in [-0.05, 0) is 52.2 Å². The van der Waals surface area contributed by atoms with E-state index in [0.717, 1.165) is 17.7 Å². The smallest absolute Gasteiger partial charge is 0.315 e. The van der Waals surface area contributed by atoms with E-state index in [4.69, 9.17) is 9.72 Å². The fraction of sp³-hybridized carbons (Fsp3) is 0.500. The van der Waals surface area contributed by atoms with Gasteiger partial charge < -0.3 is 41.1 Å². The number of likely N-dealkylation sites (N-methyl/N-ethyl adjacent to an activating group) is 1. The summed E-state index contributed by atoms with van der Waals surface area (Å²) in [6, 6.07) is 20.2. The van der Waals surface area contributed by atoms with Crippen molar-refractivity contribution in [2.75, 3.05) is 44.6 Å². The first-order valence-corrected chi connectivity index (χ1v) is 19.4. The number of aliphatic hydroxyl groups excluding tert-OH is 2. The van der Waals surface area contributed by atoms with Crippen LogP contribution in [0.2, 0.25) is 0 Å². The number of likely N-dealkylation sites (tertiary alicyclic amines) is 1. The first kappa shape index (κ1) is 40.5. The molecule has 2 saturated heterocycles. The zero-order chi connectivity index (χ0) is 39.9. The van der Waals surface area contributed by atoms with E-state index in [9.17, 15) is 24.6 Å². The molecule has 2 aliphatic heterocycles. The molecule has 0 radical (unpaired) electrons. The van der Waals surface area contributed by atoms with Crippen LogP contribution < -0.4 is 21.3 Å². The Balaban J connectivity index is 1.25. The summed E-state index contributed by atoms with van der Waals surface area (Å²) in [7, 11) is 0. The van der Waals surface area contributed by atoms with Crippen molar-refractivity contribution in [3.05, 3.63) is 83.9 Å². The van der Waals surface area contributed by atoms with E-state index >= 15 is 0 Å². The Hall–Kier alpha value is -5.16. The van der Waals surface area contributed by atoms with Crippen molar-refractivity contribution in [1.29, 1.82) is 0 Å². The number of anilines is 1. The Morgan fingerprint density at radius 2 is 1.59 bits per heavy atom. The lowest BCUT2D eigenvalue weighted by Gasteiger charge is -2.30. The number of carbonyl (C=O) groups is 3. The van der Waals surface area contributed by atoms with Gasteiger partial charge in [0.2, 0.25) is 5.82 Å². The maximum absolute atomic E-state index is 14.2. The van der Waals surface area contributed by atoms with Crippen molar-refractivity contribution in [1.82, 2.24) is 45.3 Å². The number of hydrogen-bond donors (Lipinski definition) is 6. The normalized spacial score (nSPS) is 21.1. The molecule has 0 unspecified atom stereocenters. The molecule has 300 valence electrons. The van der Waals surface area contributed by atoms with Gasteiger partial charge in [-0.1, -0.05) is 60.7 Å². The fourth-order valence-corrected chi connectivity index (χ4v) is 7.55. The van der Waals surface area contributed by atoms with Crippen molar-refractivity contribution in [2.24, 2.45) is 0 Å². The van der Waals surface area contributed by atoms with Crippen LogP contribution in [0.5, 0.6) is 0 Å². The largest absolute Gasteiger partial charge is 0.387 e. The van der Waals surface area contributed by atoms with Crippen molar-refractivity contribution in [3.63, 3.8) is 0 Å². The predicted molar refractivity (Wildman–Crippen MR) is 211 cm³/mol. The Morgan fingerprint density at radius 1 is 0.929 bits per heavy atom. The number of ether oxygens (including phenoxy) is 1. The molecule has 4 heterocycles. The maximum atomic E-state index is 14.2. The van der Waals surface area contributed by atoms with Gasteiger partial charge in [-0.25, -0.2) is 19.7 Å². The summed E-state index contributed by atoms with van der Waals surface area (Å²) in [6.45, 7) is 12.8. The number of nitrogens with one attached hydrogen (secondary N) is 4. The number of imidazole rings is 1. The third kappa shape index (κ3) is 9.10. The van der Waals surface area contributed by atoms with Gasteiger partial charge in [0.05, 0.1) is 6.33 Å². The van der Waals surface area contributed by atoms with Crippen LogP contribution in [0.15, 0.2) is 67.0 Å². The minimum Gasteiger partial charge on any atom is -0.387 e. The Morgan fingerprint density at radius 3 is 2.21 bits per heavy atom. The molecule has 2 fully saturated rings. The van der Waals surface area contributed by atoms with Gasteiger partial charge in [-0.3, -0.25) is 19.1 Å². The van der Waals surface area contributed by atoms with Crippen LogP contribution in [-0.4, -0.2) is 133 Å². The summed E-state index contributed by atoms with van der Waals surface area (Å²) < 4.78 is 7.32. The third-order valence-corrected chi connectivity index (χ3v) is 10.4. The van der Waals surface area contributed by atoms with Crippen molar-refractivity contribution in [2.45, 2.75) is 89.6 Å². The molecule has 4 amide bonds. The van der Waals surface area contributed by atoms with Crippen LogP contribution in [0.4, 0.5) is 10.6 Å². The number of fused-ring (bicyclic) bond motifs is 1. The standard InChI is InChI=1S/C40H54N10O6/c1-6-41-37(53)33-31(51)32(52)39(56-33)50-23-44-30-34(43-21-29(26-13-9-7-10-14-26)27-15-11-8-12-16-27)46-35(47-36(30)50)38(54)48-19-17-28(22-48)45-40(55)42-18-20-49(24(2)3)25(4)5/h7-16,23-25,28-29,31-33,39,51-52H,6,17-22H2,1-5H3,(H,41,53)(H2,42,45,55)(H,43,46,47)/t28-,31-,32+,33-,39+/m0/s1. The van der Waals surface area contributed by atoms with Gasteiger partial charge in [-0.2, -0.15) is 0 Å². The second-order valence-electron chi connectivity index (χ2n) is 14.9. The molecule has 16 heteroatoms. The van der Waals surface area contributed by atoms with Gasteiger partial charge >= 0.3 is 6.03 Å². The van der Waals surface area contributed by atoms with Crippen molar-refractivity contribution >= 4 is 34.8 Å². The zero-order valence-electron chi connectivity index (χ0n) is 32.6. The molecule has 4 aromatic rings. The molecular formula is C40H54N10O6. The molecule has 56 heavy (non-hydrogen) atoms. The summed E-state index contributed by atoms with van der Waals surface area (Å²) in [5.74, 6) is -0.948. The number of amides is 4. The SMILES string of the molecule is CCNC(=O)[C@H]1O[C@@H](n2cnc3c(NCC(c4ccccc4)c4ccccc4)nc(C(=O)N4CC[C@H](NC(=O)NCCN(C(C)C)C(C)C)C4)nc32)[C@H](O)[C@@H]1O. The van der Waals surface area contributed by atoms with E-state index < -0.39 is 36.4 Å². The van der Waals surface area contributed by atoms with Crippen LogP contribution in [0.25, 0.3) is 11.2 Å². The monoisotopic (exact) mass is 770 g/mol. The van der Waals surface area contributed by atoms with Crippen LogP contribution in [0.1, 0.15) is 74.9 Å². The molecule has 0 spiro atoms. The summed E-state index contributed by atoms with van der Waals surface area (Å²) >= 11 is 0. The molecule has 6 N–H and O–H groups in total. The first-order chi connectivity index (χ1) is 27.0. The highest BCUT2D eigenvalue weighted by molar-refractivity contribution is 5.95. The molecule has 2 aromatic heterocycles. The topological polar surface area (TPSA) is 199 Å². The second kappa shape index (κ2) is 18.2. The highest BCUT2D eigenvalue weighted by atomic mass is 16.6. The van der Waals surface area contributed by atoms with Crippen LogP contribution in [-0.2, 0) is 9.53 Å². The predicted octanol–water partition coefficient (Wildman–Crippen LogP) is 2.46. The highest BCUT2D eigenvalue weighted by Gasteiger charge is 2.48. The summed E-state index contributed by atoms with van der Waals surface area (Å²) in [5, 5.41) is 33.9. The second-order valence-corrected chi connectivity index (χ2v) is 14.9. The third-order valence-electron chi connectivity index (χ3n) is 10.4. The zero-order valence-corrected chi connectivity index (χ0v) is 32.6. The van der Waals surface area contributed by atoms with E-state index in [1.807, 2.05) is 36.4 Å². The van der Waals surface area contributed by atoms with E-state index in [1.54, 1.807) is 11.8 Å². The Labute approximate surface area is 327 Å². The number of benzene rings is 2. The molecule has 2 aliphatic rings. The van der Waals surface area contributed by atoms with Gasteiger partial charge in [0.15, 0.2) is 29.3 Å². The summed E-state index contributed by atoms with van der Waals surface area (Å²) in [6.07, 6.45) is -3.64. The molecular weight excluding hydrogens is 717 g/mol. The van der Waals surface area contributed by atoms with E-state index in [2.05, 4.69) is 88.1 Å². The van der Waals surface area contributed by atoms with Gasteiger partial charge in [0, 0.05) is 63.3 Å². The van der Waals surface area contributed by atoms with Gasteiger partial charge in [0.25, 0.3) is 11.8 Å². The average Bonchev–Trinajstić information content (AvgIpc) is 3.91. The van der Waals surface area contributed by atoms with Crippen molar-refractivity contribution in [3.8, 4) is 0 Å². The summed E-state index contributed by atoms with van der Waals surface area (Å²) in [5.41, 5.74) is 2.62. The number of aliphatic hydroxyl groups is 2. The first-order valence-electron chi connectivity index (χ1n) is 19.4. The van der Waals surface area contributed by atoms with Crippen LogP contribution in [0.3, 0.4) is 0 Å². The van der Waals surface area contributed by atoms with Crippen LogP contribution >= 0.6 is 0 Å². The van der Waals surface area contributed by atoms with E-state index in [-0.39, 0.29) is 41.8 Å². The lowest BCUT2D eigenvalue weighted by molar-refractivity contribution is -0.137. The molecule has 0 bridgehead atoms. The van der Waals surface area contributed by atoms with E-state index in [0.29, 0.717) is 50.2 Å². The Kier molecular flexibility index (Phi) is 13.2. The quantitative estimate of drug-likeness (QED) is 0.104. The maximum Gasteiger partial charge on any atom is 0.315 e. The fourth-order valence-electron chi connectivity index (χ4n) is 7.55.